The summed E-state index contributed by atoms with van der Waals surface area (Å²) in [6.45, 7) is 1.06. The van der Waals surface area contributed by atoms with Crippen molar-refractivity contribution in [3.05, 3.63) is 0 Å². The molecule has 0 aromatic rings. The van der Waals surface area contributed by atoms with Crippen LogP contribution in [-0.4, -0.2) is 22.2 Å². The van der Waals surface area contributed by atoms with Gasteiger partial charge >= 0.3 is 15.6 Å². The molecule has 1 heterocycles. The maximum Gasteiger partial charge on any atom is 0.435 e. The second-order valence-electron chi connectivity index (χ2n) is 1.67. The van der Waals surface area contributed by atoms with Gasteiger partial charge in [0.2, 0.25) is 0 Å². The van der Waals surface area contributed by atoms with Crippen LogP contribution in [0.3, 0.4) is 0 Å². The molecule has 0 N–H and O–H groups in total. The number of hydrogen-bond donors (Lipinski definition) is 0. The molecule has 39 valence electrons. The fraction of sp³-hybridized carbons (Fsp3) is 1.00. The van der Waals surface area contributed by atoms with Gasteiger partial charge in [-0.05, 0) is 6.42 Å². The van der Waals surface area contributed by atoms with Gasteiger partial charge in [0, 0.05) is 25.2 Å². The Morgan fingerprint density at radius 2 is 2.14 bits per heavy atom. The van der Waals surface area contributed by atoms with E-state index < -0.39 is 0 Å². The summed E-state index contributed by atoms with van der Waals surface area (Å²) in [5.74, 6) is 0. The van der Waals surface area contributed by atoms with Gasteiger partial charge in [0.05, 0.1) is 0 Å². The summed E-state index contributed by atoms with van der Waals surface area (Å²) in [6.07, 6.45) is 2.75. The van der Waals surface area contributed by atoms with Gasteiger partial charge in [-0.2, -0.15) is 0 Å². The van der Waals surface area contributed by atoms with Gasteiger partial charge in [0.1, 0.15) is 0 Å². The van der Waals surface area contributed by atoms with Crippen molar-refractivity contribution in [2.45, 2.75) is 18.1 Å². The van der Waals surface area contributed by atoms with Gasteiger partial charge in [-0.15, -0.1) is 0 Å². The molecular weight excluding hydrogens is 142 g/mol. The van der Waals surface area contributed by atoms with Crippen LogP contribution in [0.4, 0.5) is 0 Å². The van der Waals surface area contributed by atoms with Crippen molar-refractivity contribution >= 4 is 15.6 Å². The molecule has 1 saturated heterocycles. The van der Waals surface area contributed by atoms with Crippen LogP contribution < -0.4 is 0 Å². The number of hydrogen-bond acceptors (Lipinski definition) is 1. The predicted octanol–water partition coefficient (Wildman–Crippen LogP) is 0.564. The normalized spacial score (nSPS) is 19.4. The van der Waals surface area contributed by atoms with Crippen LogP contribution in [0.5, 0.6) is 0 Å². The third-order valence-corrected chi connectivity index (χ3v) is 2.44. The van der Waals surface area contributed by atoms with E-state index in [4.69, 9.17) is 3.79 Å². The second-order valence-corrected chi connectivity index (χ2v) is 3.20. The Labute approximate surface area is 62.7 Å². The van der Waals surface area contributed by atoms with Crippen LogP contribution in [0.2, 0.25) is 5.28 Å². The van der Waals surface area contributed by atoms with Crippen molar-refractivity contribution < 1.29 is 22.3 Å². The molecular formula is C4H9AlOV. The molecule has 1 rings (SSSR count). The zero-order valence-corrected chi connectivity index (χ0v) is 7.20. The fourth-order valence-electron chi connectivity index (χ4n) is 0.687. The van der Waals surface area contributed by atoms with E-state index in [1.54, 1.807) is 0 Å². The third-order valence-electron chi connectivity index (χ3n) is 1.08. The molecule has 0 bridgehead atoms. The summed E-state index contributed by atoms with van der Waals surface area (Å²) in [4.78, 5) is 0. The standard InChI is InChI=1S/C4H8O.Al.V.H/c1-2-3-4-5;;;/h1-4H2;;;/q-1;+1;;. The van der Waals surface area contributed by atoms with Crippen LogP contribution in [0.25, 0.3) is 0 Å². The summed E-state index contributed by atoms with van der Waals surface area (Å²) >= 11 is 0.00849. The molecule has 0 aromatic heterocycles. The molecule has 0 amide bonds. The van der Waals surface area contributed by atoms with Crippen molar-refractivity contribution in [1.82, 2.24) is 0 Å². The fourth-order valence-corrected chi connectivity index (χ4v) is 1.86. The molecule has 1 aliphatic heterocycles. The Balaban J connectivity index is 0.000000360. The number of rotatable bonds is 0. The first kappa shape index (κ1) is 8.08. The molecule has 1 aliphatic rings. The van der Waals surface area contributed by atoms with Gasteiger partial charge in [0.25, 0.3) is 0 Å². The summed E-state index contributed by atoms with van der Waals surface area (Å²) < 4.78 is 5.21. The summed E-state index contributed by atoms with van der Waals surface area (Å²) in [7, 11) is 0. The van der Waals surface area contributed by atoms with Crippen LogP contribution in [0.15, 0.2) is 0 Å². The average Bonchev–Trinajstić information content (AvgIpc) is 1.72. The van der Waals surface area contributed by atoms with Crippen molar-refractivity contribution in [2.24, 2.45) is 0 Å². The maximum absolute atomic E-state index is 5.21. The molecule has 0 saturated carbocycles. The molecule has 3 heteroatoms. The van der Waals surface area contributed by atoms with Gasteiger partial charge in [0.15, 0.2) is 0 Å². The Kier molecular flexibility index (Phi) is 6.02. The van der Waals surface area contributed by atoms with E-state index in [0.29, 0.717) is 0 Å². The van der Waals surface area contributed by atoms with Crippen molar-refractivity contribution in [2.75, 3.05) is 6.61 Å². The molecule has 0 aromatic carbocycles. The zero-order valence-electron chi connectivity index (χ0n) is 4.39. The molecule has 0 aliphatic carbocycles. The molecule has 1 radical (unpaired) electrons. The Morgan fingerprint density at radius 3 is 2.29 bits per heavy atom. The van der Waals surface area contributed by atoms with Crippen LogP contribution >= 0.6 is 0 Å². The van der Waals surface area contributed by atoms with Gasteiger partial charge < -0.3 is 3.79 Å². The van der Waals surface area contributed by atoms with Gasteiger partial charge in [-0.1, -0.05) is 11.7 Å². The van der Waals surface area contributed by atoms with Gasteiger partial charge in [-0.25, -0.2) is 0 Å². The van der Waals surface area contributed by atoms with Crippen molar-refractivity contribution in [3.63, 3.8) is 0 Å². The van der Waals surface area contributed by atoms with E-state index >= 15 is 0 Å². The molecule has 1 fully saturated rings. The van der Waals surface area contributed by atoms with E-state index in [9.17, 15) is 0 Å². The van der Waals surface area contributed by atoms with Crippen LogP contribution in [0.1, 0.15) is 12.8 Å². The Hall–Kier alpha value is 1.08. The van der Waals surface area contributed by atoms with E-state index in [1.165, 1.54) is 18.1 Å². The van der Waals surface area contributed by atoms with Crippen molar-refractivity contribution in [1.29, 1.82) is 0 Å². The van der Waals surface area contributed by atoms with Crippen LogP contribution in [-0.2, 0) is 22.3 Å². The topological polar surface area (TPSA) is 9.23 Å². The molecule has 7 heavy (non-hydrogen) atoms. The average molecular weight is 151 g/mol. The zero-order chi connectivity index (χ0) is 4.24. The predicted molar refractivity (Wildman–Crippen MR) is 27.1 cm³/mol. The van der Waals surface area contributed by atoms with E-state index in [1.807, 2.05) is 0 Å². The third kappa shape index (κ3) is 3.64. The Morgan fingerprint density at radius 1 is 1.29 bits per heavy atom. The van der Waals surface area contributed by atoms with E-state index in [-0.39, 0.29) is 34.1 Å². The molecule has 0 atom stereocenters. The minimum Gasteiger partial charge on any atom is -0.503 e. The molecule has 0 spiro atoms. The van der Waals surface area contributed by atoms with Crippen molar-refractivity contribution in [3.8, 4) is 0 Å². The summed E-state index contributed by atoms with van der Waals surface area (Å²) in [6, 6.07) is 0. The smallest absolute Gasteiger partial charge is 0.435 e. The first-order chi connectivity index (χ1) is 3.00. The van der Waals surface area contributed by atoms with Crippen LogP contribution in [0, 0.1) is 0 Å². The van der Waals surface area contributed by atoms with E-state index in [0.717, 1.165) is 6.61 Å². The van der Waals surface area contributed by atoms with Gasteiger partial charge in [-0.3, -0.25) is 0 Å². The minimum absolute atomic E-state index is 0. The molecule has 0 unspecified atom stereocenters. The second kappa shape index (κ2) is 5.22. The molecule has 1 nitrogen and oxygen atoms in total. The maximum atomic E-state index is 5.21. The van der Waals surface area contributed by atoms with E-state index in [2.05, 4.69) is 0 Å². The summed E-state index contributed by atoms with van der Waals surface area (Å²) in [5, 5.41) is 1.42. The minimum atomic E-state index is 0. The Bertz CT molecular complexity index is 27.2. The first-order valence-corrected chi connectivity index (χ1v) is 4.15. The monoisotopic (exact) mass is 151 g/mol. The largest absolute Gasteiger partial charge is 0.503 e. The quantitative estimate of drug-likeness (QED) is 0.460. The SMILES string of the molecule is C1C[CH2][AlH][O]C1.[V]. The first-order valence-electron chi connectivity index (χ1n) is 2.58. The summed E-state index contributed by atoms with van der Waals surface area (Å²) in [5.41, 5.74) is 0.